The Morgan fingerprint density at radius 3 is 2.75 bits per heavy atom. The Kier molecular flexibility index (Phi) is 3.03. The Morgan fingerprint density at radius 2 is 2.25 bits per heavy atom. The van der Waals surface area contributed by atoms with Gasteiger partial charge in [0.1, 0.15) is 4.90 Å². The van der Waals surface area contributed by atoms with Gasteiger partial charge in [-0.2, -0.15) is 5.10 Å². The summed E-state index contributed by atoms with van der Waals surface area (Å²) >= 11 is 0. The molecule has 1 aromatic rings. The molecule has 2 N–H and O–H groups in total. The highest BCUT2D eigenvalue weighted by atomic mass is 32.2. The van der Waals surface area contributed by atoms with Gasteiger partial charge in [0.25, 0.3) is 0 Å². The minimum absolute atomic E-state index is 0.0781. The molecule has 1 fully saturated rings. The highest BCUT2D eigenvalue weighted by Crippen LogP contribution is 2.26. The van der Waals surface area contributed by atoms with Crippen molar-refractivity contribution in [2.75, 3.05) is 0 Å². The summed E-state index contributed by atoms with van der Waals surface area (Å²) in [5.41, 5.74) is 0.582. The van der Waals surface area contributed by atoms with Crippen LogP contribution in [0, 0.1) is 12.8 Å². The average molecular weight is 243 g/mol. The molecule has 0 saturated heterocycles. The second-order valence-electron chi connectivity index (χ2n) is 4.60. The molecule has 2 unspecified atom stereocenters. The number of rotatable bonds is 3. The van der Waals surface area contributed by atoms with Crippen LogP contribution in [0.1, 0.15) is 31.9 Å². The minimum atomic E-state index is -3.40. The number of hydrogen-bond acceptors (Lipinski definition) is 3. The lowest BCUT2D eigenvalue weighted by molar-refractivity contribution is 0.538. The molecule has 0 amide bonds. The first-order valence-electron chi connectivity index (χ1n) is 5.51. The van der Waals surface area contributed by atoms with Crippen molar-refractivity contribution >= 4 is 10.0 Å². The van der Waals surface area contributed by atoms with Crippen LogP contribution in [0.4, 0.5) is 0 Å². The van der Waals surface area contributed by atoms with E-state index in [0.717, 1.165) is 19.3 Å². The summed E-state index contributed by atoms with van der Waals surface area (Å²) in [6, 6.07) is 0.0781. The fraction of sp³-hybridized carbons (Fsp3) is 0.700. The third kappa shape index (κ3) is 2.27. The molecule has 1 aliphatic carbocycles. The Bertz CT molecular complexity index is 466. The van der Waals surface area contributed by atoms with Gasteiger partial charge in [-0.25, -0.2) is 13.1 Å². The monoisotopic (exact) mass is 243 g/mol. The number of aryl methyl sites for hydroxylation is 1. The molecule has 90 valence electrons. The first kappa shape index (κ1) is 11.6. The number of sulfonamides is 1. The Morgan fingerprint density at radius 1 is 1.50 bits per heavy atom. The van der Waals surface area contributed by atoms with Gasteiger partial charge in [-0.15, -0.1) is 0 Å². The highest BCUT2D eigenvalue weighted by Gasteiger charge is 2.27. The molecule has 2 rings (SSSR count). The van der Waals surface area contributed by atoms with E-state index in [1.54, 1.807) is 6.92 Å². The lowest BCUT2D eigenvalue weighted by Gasteiger charge is -2.12. The van der Waals surface area contributed by atoms with Gasteiger partial charge in [-0.05, 0) is 32.1 Å². The molecule has 0 aliphatic heterocycles. The SMILES string of the molecule is Cc1[nH]ncc1S(=O)(=O)NC1CCC(C)C1. The summed E-state index contributed by atoms with van der Waals surface area (Å²) in [5.74, 6) is 0.609. The van der Waals surface area contributed by atoms with Crippen LogP contribution in [0.25, 0.3) is 0 Å². The second-order valence-corrected chi connectivity index (χ2v) is 6.28. The quantitative estimate of drug-likeness (QED) is 0.837. The zero-order valence-electron chi connectivity index (χ0n) is 9.53. The van der Waals surface area contributed by atoms with Crippen molar-refractivity contribution in [3.63, 3.8) is 0 Å². The number of aromatic amines is 1. The van der Waals surface area contributed by atoms with Crippen LogP contribution in [-0.4, -0.2) is 24.7 Å². The first-order chi connectivity index (χ1) is 7.49. The minimum Gasteiger partial charge on any atom is -0.281 e. The summed E-state index contributed by atoms with van der Waals surface area (Å²) in [6.45, 7) is 3.86. The molecule has 6 heteroatoms. The smallest absolute Gasteiger partial charge is 0.244 e. The maximum Gasteiger partial charge on any atom is 0.244 e. The molecule has 1 saturated carbocycles. The standard InChI is InChI=1S/C10H17N3O2S/c1-7-3-4-9(5-7)13-16(14,15)10-6-11-12-8(10)2/h6-7,9,13H,3-5H2,1-2H3,(H,11,12). The molecule has 1 aliphatic rings. The van der Waals surface area contributed by atoms with Gasteiger partial charge in [0.05, 0.1) is 11.9 Å². The van der Waals surface area contributed by atoms with Gasteiger partial charge < -0.3 is 0 Å². The van der Waals surface area contributed by atoms with Crippen LogP contribution < -0.4 is 4.72 Å². The van der Waals surface area contributed by atoms with Gasteiger partial charge in [0.15, 0.2) is 0 Å². The average Bonchev–Trinajstić information content (AvgIpc) is 2.74. The van der Waals surface area contributed by atoms with Crippen molar-refractivity contribution in [2.24, 2.45) is 5.92 Å². The van der Waals surface area contributed by atoms with Crippen LogP contribution in [0.15, 0.2) is 11.1 Å². The van der Waals surface area contributed by atoms with Gasteiger partial charge in [0.2, 0.25) is 10.0 Å². The molecule has 1 heterocycles. The first-order valence-corrected chi connectivity index (χ1v) is 6.99. The lowest BCUT2D eigenvalue weighted by atomic mass is 10.1. The number of H-pyrrole nitrogens is 1. The van der Waals surface area contributed by atoms with E-state index in [1.165, 1.54) is 6.20 Å². The normalized spacial score (nSPS) is 26.1. The van der Waals surface area contributed by atoms with E-state index in [1.807, 2.05) is 0 Å². The van der Waals surface area contributed by atoms with Crippen LogP contribution in [-0.2, 0) is 10.0 Å². The van der Waals surface area contributed by atoms with Crippen LogP contribution in [0.3, 0.4) is 0 Å². The highest BCUT2D eigenvalue weighted by molar-refractivity contribution is 7.89. The van der Waals surface area contributed by atoms with Gasteiger partial charge in [-0.1, -0.05) is 6.92 Å². The Hall–Kier alpha value is -0.880. The predicted octanol–water partition coefficient (Wildman–Crippen LogP) is 1.19. The summed E-state index contributed by atoms with van der Waals surface area (Å²) in [7, 11) is -3.40. The number of nitrogens with zero attached hydrogens (tertiary/aromatic N) is 1. The zero-order chi connectivity index (χ0) is 11.8. The van der Waals surface area contributed by atoms with Gasteiger partial charge >= 0.3 is 0 Å². The van der Waals surface area contributed by atoms with E-state index >= 15 is 0 Å². The van der Waals surface area contributed by atoms with E-state index < -0.39 is 10.0 Å². The second kappa shape index (κ2) is 4.18. The number of aromatic nitrogens is 2. The molecule has 5 nitrogen and oxygen atoms in total. The molecule has 0 spiro atoms. The molecular weight excluding hydrogens is 226 g/mol. The maximum absolute atomic E-state index is 12.0. The van der Waals surface area contributed by atoms with Gasteiger partial charge in [-0.3, -0.25) is 5.10 Å². The third-order valence-electron chi connectivity index (χ3n) is 3.09. The molecule has 1 aromatic heterocycles. The fourth-order valence-electron chi connectivity index (χ4n) is 2.21. The largest absolute Gasteiger partial charge is 0.281 e. The topological polar surface area (TPSA) is 74.8 Å². The van der Waals surface area contributed by atoms with E-state index in [2.05, 4.69) is 21.8 Å². The van der Waals surface area contributed by atoms with Crippen molar-refractivity contribution in [1.82, 2.24) is 14.9 Å². The fourth-order valence-corrected chi connectivity index (χ4v) is 3.63. The van der Waals surface area contributed by atoms with E-state index in [4.69, 9.17) is 0 Å². The summed E-state index contributed by atoms with van der Waals surface area (Å²) < 4.78 is 26.8. The predicted molar refractivity (Wildman–Crippen MR) is 60.4 cm³/mol. The Labute approximate surface area is 95.7 Å². The molecule has 0 aromatic carbocycles. The molecule has 2 atom stereocenters. The maximum atomic E-state index is 12.0. The summed E-state index contributed by atoms with van der Waals surface area (Å²) in [6.07, 6.45) is 4.31. The van der Waals surface area contributed by atoms with Gasteiger partial charge in [0, 0.05) is 6.04 Å². The lowest BCUT2D eigenvalue weighted by Crippen LogP contribution is -2.33. The van der Waals surface area contributed by atoms with Crippen molar-refractivity contribution in [3.05, 3.63) is 11.9 Å². The molecule has 16 heavy (non-hydrogen) atoms. The van der Waals surface area contributed by atoms with Crippen molar-refractivity contribution in [1.29, 1.82) is 0 Å². The van der Waals surface area contributed by atoms with Crippen LogP contribution in [0.2, 0.25) is 0 Å². The Balaban J connectivity index is 2.12. The van der Waals surface area contributed by atoms with Crippen molar-refractivity contribution in [3.8, 4) is 0 Å². The van der Waals surface area contributed by atoms with E-state index in [0.29, 0.717) is 11.6 Å². The zero-order valence-corrected chi connectivity index (χ0v) is 10.3. The molecule has 0 radical (unpaired) electrons. The van der Waals surface area contributed by atoms with E-state index in [9.17, 15) is 8.42 Å². The summed E-state index contributed by atoms with van der Waals surface area (Å²) in [5, 5.41) is 6.37. The van der Waals surface area contributed by atoms with E-state index in [-0.39, 0.29) is 10.9 Å². The number of hydrogen-bond donors (Lipinski definition) is 2. The number of nitrogens with one attached hydrogen (secondary N) is 2. The summed E-state index contributed by atoms with van der Waals surface area (Å²) in [4.78, 5) is 0.257. The van der Waals surface area contributed by atoms with Crippen LogP contribution >= 0.6 is 0 Å². The molecular formula is C10H17N3O2S. The van der Waals surface area contributed by atoms with Crippen molar-refractivity contribution < 1.29 is 8.42 Å². The molecule has 0 bridgehead atoms. The third-order valence-corrected chi connectivity index (χ3v) is 4.72. The van der Waals surface area contributed by atoms with Crippen molar-refractivity contribution in [2.45, 2.75) is 44.0 Å². The van der Waals surface area contributed by atoms with Crippen LogP contribution in [0.5, 0.6) is 0 Å².